The smallest absolute Gasteiger partial charge is 0.323 e. The topological polar surface area (TPSA) is 78.9 Å². The van der Waals surface area contributed by atoms with Crippen LogP contribution in [0.25, 0.3) is 0 Å². The number of carboxylic acids is 1. The van der Waals surface area contributed by atoms with Crippen LogP contribution in [0.15, 0.2) is 30.3 Å². The van der Waals surface area contributed by atoms with Crippen LogP contribution in [0.2, 0.25) is 0 Å². The monoisotopic (exact) mass is 264 g/mol. The maximum Gasteiger partial charge on any atom is 0.323 e. The van der Waals surface area contributed by atoms with Crippen LogP contribution in [0.1, 0.15) is 0 Å². The minimum absolute atomic E-state index is 0.333. The molecule has 1 atom stereocenters. The molecule has 1 fully saturated rings. The Balaban J connectivity index is 2.17. The minimum Gasteiger partial charge on any atom is -0.480 e. The van der Waals surface area contributed by atoms with Gasteiger partial charge in [0.15, 0.2) is 0 Å². The second kappa shape index (κ2) is 6.31. The summed E-state index contributed by atoms with van der Waals surface area (Å²) in [5, 5.41) is 12.0. The first-order chi connectivity index (χ1) is 9.18. The number of amides is 1. The highest BCUT2D eigenvalue weighted by molar-refractivity contribution is 6.00. The molecule has 0 saturated carbocycles. The summed E-state index contributed by atoms with van der Waals surface area (Å²) < 4.78 is 5.38. The van der Waals surface area contributed by atoms with Gasteiger partial charge in [-0.05, 0) is 12.1 Å². The Labute approximate surface area is 111 Å². The van der Waals surface area contributed by atoms with Crippen molar-refractivity contribution >= 4 is 17.6 Å². The van der Waals surface area contributed by atoms with Crippen LogP contribution >= 0.6 is 0 Å². The second-order valence-corrected chi connectivity index (χ2v) is 4.22. The first kappa shape index (κ1) is 13.5. The summed E-state index contributed by atoms with van der Waals surface area (Å²) >= 11 is 0. The van der Waals surface area contributed by atoms with Crippen molar-refractivity contribution in [1.29, 1.82) is 0 Å². The van der Waals surface area contributed by atoms with Gasteiger partial charge in [0.05, 0.1) is 6.61 Å². The van der Waals surface area contributed by atoms with Gasteiger partial charge in [-0.1, -0.05) is 18.2 Å². The largest absolute Gasteiger partial charge is 0.480 e. The molecule has 1 heterocycles. The van der Waals surface area contributed by atoms with Gasteiger partial charge in [-0.2, -0.15) is 0 Å². The molecule has 1 aliphatic rings. The summed E-state index contributed by atoms with van der Waals surface area (Å²) in [5.74, 6) is -1.39. The molecule has 0 radical (unpaired) electrons. The van der Waals surface area contributed by atoms with Gasteiger partial charge < -0.3 is 15.2 Å². The van der Waals surface area contributed by atoms with Crippen molar-refractivity contribution in [3.8, 4) is 0 Å². The van der Waals surface area contributed by atoms with Gasteiger partial charge in [0.25, 0.3) is 5.91 Å². The van der Waals surface area contributed by atoms with Crippen molar-refractivity contribution in [3.05, 3.63) is 30.3 Å². The third-order valence-electron chi connectivity index (χ3n) is 2.83. The summed E-state index contributed by atoms with van der Waals surface area (Å²) in [6, 6.07) is 8.74. The average Bonchev–Trinajstić information content (AvgIpc) is 2.46. The van der Waals surface area contributed by atoms with Crippen LogP contribution in [0.5, 0.6) is 0 Å². The molecule has 19 heavy (non-hydrogen) atoms. The van der Waals surface area contributed by atoms with E-state index in [4.69, 9.17) is 9.84 Å². The lowest BCUT2D eigenvalue weighted by atomic mass is 10.2. The molecule has 6 nitrogen and oxygen atoms in total. The molecule has 1 unspecified atom stereocenters. The maximum atomic E-state index is 12.3. The summed E-state index contributed by atoms with van der Waals surface area (Å²) in [7, 11) is 0. The van der Waals surface area contributed by atoms with E-state index in [2.05, 4.69) is 5.32 Å². The molecular formula is C13H16N2O4. The Kier molecular flexibility index (Phi) is 4.48. The number of benzene rings is 1. The molecule has 0 bridgehead atoms. The Morgan fingerprint density at radius 1 is 1.37 bits per heavy atom. The van der Waals surface area contributed by atoms with Crippen molar-refractivity contribution in [2.45, 2.75) is 6.10 Å². The van der Waals surface area contributed by atoms with Crippen LogP contribution in [0.4, 0.5) is 5.69 Å². The third-order valence-corrected chi connectivity index (χ3v) is 2.83. The zero-order valence-electron chi connectivity index (χ0n) is 10.4. The highest BCUT2D eigenvalue weighted by Gasteiger charge is 2.28. The van der Waals surface area contributed by atoms with E-state index in [9.17, 15) is 9.59 Å². The standard InChI is InChI=1S/C13H16N2O4/c16-12(17)9-15(10-4-2-1-3-5-10)13(18)11-8-14-6-7-19-11/h1-5,11,14H,6-9H2,(H,16,17). The number of carbonyl (C=O) groups excluding carboxylic acids is 1. The van der Waals surface area contributed by atoms with Gasteiger partial charge in [0.2, 0.25) is 0 Å². The van der Waals surface area contributed by atoms with Gasteiger partial charge in [-0.3, -0.25) is 14.5 Å². The van der Waals surface area contributed by atoms with Crippen LogP contribution in [0, 0.1) is 0 Å². The van der Waals surface area contributed by atoms with Gasteiger partial charge >= 0.3 is 5.97 Å². The molecule has 2 N–H and O–H groups in total. The summed E-state index contributed by atoms with van der Waals surface area (Å²) in [6.07, 6.45) is -0.631. The third kappa shape index (κ3) is 3.52. The number of rotatable bonds is 4. The summed E-state index contributed by atoms with van der Waals surface area (Å²) in [4.78, 5) is 24.5. The summed E-state index contributed by atoms with van der Waals surface area (Å²) in [5.41, 5.74) is 0.559. The Hall–Kier alpha value is -1.92. The van der Waals surface area contributed by atoms with E-state index in [0.29, 0.717) is 25.4 Å². The molecule has 1 aromatic carbocycles. The Morgan fingerprint density at radius 3 is 2.68 bits per heavy atom. The van der Waals surface area contributed by atoms with Crippen molar-refractivity contribution in [2.24, 2.45) is 0 Å². The number of nitrogens with zero attached hydrogens (tertiary/aromatic N) is 1. The SMILES string of the molecule is O=C(O)CN(C(=O)C1CNCCO1)c1ccccc1. The van der Waals surface area contributed by atoms with Gasteiger partial charge in [-0.25, -0.2) is 0 Å². The van der Waals surface area contributed by atoms with Gasteiger partial charge in [0.1, 0.15) is 12.6 Å². The normalized spacial score (nSPS) is 18.8. The first-order valence-electron chi connectivity index (χ1n) is 6.09. The lowest BCUT2D eigenvalue weighted by Crippen LogP contribution is -2.50. The Morgan fingerprint density at radius 2 is 2.11 bits per heavy atom. The quantitative estimate of drug-likeness (QED) is 0.806. The van der Waals surface area contributed by atoms with Crippen molar-refractivity contribution in [2.75, 3.05) is 31.1 Å². The van der Waals surface area contributed by atoms with E-state index in [1.54, 1.807) is 24.3 Å². The molecule has 0 aliphatic carbocycles. The van der Waals surface area contributed by atoms with E-state index in [-0.39, 0.29) is 12.5 Å². The van der Waals surface area contributed by atoms with Gasteiger partial charge in [-0.15, -0.1) is 0 Å². The van der Waals surface area contributed by atoms with Gasteiger partial charge in [0, 0.05) is 18.8 Å². The first-order valence-corrected chi connectivity index (χ1v) is 6.09. The molecule has 1 aliphatic heterocycles. The van der Waals surface area contributed by atoms with Crippen molar-refractivity contribution in [3.63, 3.8) is 0 Å². The second-order valence-electron chi connectivity index (χ2n) is 4.22. The van der Waals surface area contributed by atoms with Crippen molar-refractivity contribution < 1.29 is 19.4 Å². The number of carbonyl (C=O) groups is 2. The van der Waals surface area contributed by atoms with Crippen LogP contribution in [-0.4, -0.2) is 49.3 Å². The number of para-hydroxylation sites is 1. The van der Waals surface area contributed by atoms with E-state index in [1.165, 1.54) is 4.90 Å². The molecule has 1 amide bonds. The lowest BCUT2D eigenvalue weighted by molar-refractivity contribution is -0.139. The molecule has 0 spiro atoms. The molecular weight excluding hydrogens is 248 g/mol. The fourth-order valence-corrected chi connectivity index (χ4v) is 1.94. The molecule has 0 aromatic heterocycles. The summed E-state index contributed by atoms with van der Waals surface area (Å²) in [6.45, 7) is 1.19. The zero-order chi connectivity index (χ0) is 13.7. The number of anilines is 1. The van der Waals surface area contributed by atoms with Crippen LogP contribution in [-0.2, 0) is 14.3 Å². The minimum atomic E-state index is -1.05. The zero-order valence-corrected chi connectivity index (χ0v) is 10.4. The van der Waals surface area contributed by atoms with Crippen molar-refractivity contribution in [1.82, 2.24) is 5.32 Å². The number of morpholine rings is 1. The van der Waals surface area contributed by atoms with E-state index < -0.39 is 12.1 Å². The number of ether oxygens (including phenoxy) is 1. The lowest BCUT2D eigenvalue weighted by Gasteiger charge is -2.28. The van der Waals surface area contributed by atoms with Crippen LogP contribution < -0.4 is 10.2 Å². The predicted octanol–water partition coefficient (Wildman–Crippen LogP) is 0.0926. The molecule has 1 saturated heterocycles. The van der Waals surface area contributed by atoms with E-state index >= 15 is 0 Å². The Bertz CT molecular complexity index is 443. The fourth-order valence-electron chi connectivity index (χ4n) is 1.94. The fraction of sp³-hybridized carbons (Fsp3) is 0.385. The molecule has 2 rings (SSSR count). The van der Waals surface area contributed by atoms with Crippen LogP contribution in [0.3, 0.4) is 0 Å². The van der Waals surface area contributed by atoms with E-state index in [1.807, 2.05) is 6.07 Å². The molecule has 6 heteroatoms. The molecule has 1 aromatic rings. The highest BCUT2D eigenvalue weighted by atomic mass is 16.5. The number of nitrogens with one attached hydrogen (secondary N) is 1. The number of hydrogen-bond acceptors (Lipinski definition) is 4. The predicted molar refractivity (Wildman–Crippen MR) is 69.0 cm³/mol. The average molecular weight is 264 g/mol. The number of hydrogen-bond donors (Lipinski definition) is 2. The highest BCUT2D eigenvalue weighted by Crippen LogP contribution is 2.15. The number of carboxylic acid groups (broad SMARTS) is 1. The maximum absolute atomic E-state index is 12.3. The van der Waals surface area contributed by atoms with E-state index in [0.717, 1.165) is 0 Å². The number of aliphatic carboxylic acids is 1. The molecule has 102 valence electrons.